The Bertz CT molecular complexity index is 599. The Labute approximate surface area is 123 Å². The zero-order valence-corrected chi connectivity index (χ0v) is 11.7. The normalized spacial score (nSPS) is 11.5. The van der Waals surface area contributed by atoms with Gasteiger partial charge >= 0.3 is 0 Å². The van der Waals surface area contributed by atoms with E-state index in [1.165, 1.54) is 6.20 Å². The lowest BCUT2D eigenvalue weighted by molar-refractivity contribution is -0.127. The molecule has 0 aliphatic heterocycles. The smallest absolute Gasteiger partial charge is 0.261 e. The molecule has 0 bridgehead atoms. The van der Waals surface area contributed by atoms with Crippen molar-refractivity contribution in [3.05, 3.63) is 60.4 Å². The number of para-hydroxylation sites is 1. The second-order valence-corrected chi connectivity index (χ2v) is 4.46. The van der Waals surface area contributed by atoms with Gasteiger partial charge in [0.15, 0.2) is 11.9 Å². The fourth-order valence-electron chi connectivity index (χ4n) is 1.70. The molecule has 1 N–H and O–H groups in total. The Kier molecular flexibility index (Phi) is 5.04. The molecule has 0 spiro atoms. The second-order valence-electron chi connectivity index (χ2n) is 4.46. The Hall–Kier alpha value is -2.69. The Balaban J connectivity index is 1.83. The summed E-state index contributed by atoms with van der Waals surface area (Å²) in [5.74, 6) is 0.0817. The maximum Gasteiger partial charge on any atom is 0.261 e. The lowest BCUT2D eigenvalue weighted by atomic mass is 10.2. The molecule has 0 fully saturated rings. The first-order valence-corrected chi connectivity index (χ1v) is 6.59. The van der Waals surface area contributed by atoms with Gasteiger partial charge in [0.2, 0.25) is 0 Å². The average molecular weight is 284 g/mol. The lowest BCUT2D eigenvalue weighted by Crippen LogP contribution is -2.39. The first kappa shape index (κ1) is 14.7. The average Bonchev–Trinajstić information content (AvgIpc) is 2.54. The molecule has 1 aromatic heterocycles. The summed E-state index contributed by atoms with van der Waals surface area (Å²) >= 11 is 0. The van der Waals surface area contributed by atoms with Gasteiger partial charge in [0, 0.05) is 18.0 Å². The number of benzene rings is 1. The highest BCUT2D eigenvalue weighted by Crippen LogP contribution is 2.10. The molecule has 21 heavy (non-hydrogen) atoms. The number of pyridine rings is 1. The van der Waals surface area contributed by atoms with Crippen LogP contribution in [0, 0.1) is 0 Å². The predicted molar refractivity (Wildman–Crippen MR) is 78.1 cm³/mol. The molecule has 2 rings (SSSR count). The minimum atomic E-state index is -0.672. The third-order valence-electron chi connectivity index (χ3n) is 2.83. The highest BCUT2D eigenvalue weighted by molar-refractivity contribution is 5.99. The lowest BCUT2D eigenvalue weighted by Gasteiger charge is -2.14. The van der Waals surface area contributed by atoms with E-state index in [-0.39, 0.29) is 18.2 Å². The van der Waals surface area contributed by atoms with Gasteiger partial charge in [0.25, 0.3) is 5.91 Å². The number of Topliss-reactive ketones (excluding diaryl/α,β-unsaturated/α-hetero) is 1. The molecule has 0 saturated heterocycles. The summed E-state index contributed by atoms with van der Waals surface area (Å²) in [6, 6.07) is 12.4. The van der Waals surface area contributed by atoms with Gasteiger partial charge < -0.3 is 10.1 Å². The van der Waals surface area contributed by atoms with Crippen molar-refractivity contribution in [1.29, 1.82) is 0 Å². The van der Waals surface area contributed by atoms with E-state index in [2.05, 4.69) is 10.3 Å². The van der Waals surface area contributed by atoms with Crippen LogP contribution >= 0.6 is 0 Å². The number of rotatable bonds is 6. The van der Waals surface area contributed by atoms with Crippen LogP contribution in [0.4, 0.5) is 0 Å². The summed E-state index contributed by atoms with van der Waals surface area (Å²) < 4.78 is 5.48. The first-order chi connectivity index (χ1) is 10.2. The van der Waals surface area contributed by atoms with Crippen molar-refractivity contribution in [2.45, 2.75) is 13.0 Å². The van der Waals surface area contributed by atoms with E-state index in [0.29, 0.717) is 11.3 Å². The van der Waals surface area contributed by atoms with Crippen molar-refractivity contribution in [2.75, 3.05) is 6.54 Å². The SMILES string of the molecule is CC(Oc1ccccc1)C(=O)NCC(=O)c1cccnc1. The number of nitrogens with one attached hydrogen (secondary N) is 1. The topological polar surface area (TPSA) is 68.3 Å². The zero-order chi connectivity index (χ0) is 15.1. The minimum absolute atomic E-state index is 0.0764. The van der Waals surface area contributed by atoms with Crippen molar-refractivity contribution in [1.82, 2.24) is 10.3 Å². The molecule has 1 unspecified atom stereocenters. The highest BCUT2D eigenvalue weighted by atomic mass is 16.5. The molecule has 108 valence electrons. The Morgan fingerprint density at radius 3 is 2.62 bits per heavy atom. The molecule has 0 aliphatic rings. The maximum atomic E-state index is 11.9. The number of amides is 1. The van der Waals surface area contributed by atoms with Crippen molar-refractivity contribution in [2.24, 2.45) is 0 Å². The number of ether oxygens (including phenoxy) is 1. The van der Waals surface area contributed by atoms with Crippen LogP contribution < -0.4 is 10.1 Å². The monoisotopic (exact) mass is 284 g/mol. The van der Waals surface area contributed by atoms with E-state index in [0.717, 1.165) is 0 Å². The van der Waals surface area contributed by atoms with Gasteiger partial charge in [-0.3, -0.25) is 14.6 Å². The molecule has 0 radical (unpaired) electrons. The van der Waals surface area contributed by atoms with E-state index < -0.39 is 6.10 Å². The van der Waals surface area contributed by atoms with E-state index in [4.69, 9.17) is 4.74 Å². The Morgan fingerprint density at radius 1 is 1.19 bits per heavy atom. The van der Waals surface area contributed by atoms with Crippen LogP contribution in [-0.2, 0) is 4.79 Å². The van der Waals surface area contributed by atoms with Crippen LogP contribution in [0.3, 0.4) is 0 Å². The molecule has 5 nitrogen and oxygen atoms in total. The van der Waals surface area contributed by atoms with Crippen molar-refractivity contribution >= 4 is 11.7 Å². The van der Waals surface area contributed by atoms with E-state index in [1.54, 1.807) is 37.4 Å². The summed E-state index contributed by atoms with van der Waals surface area (Å²) in [6.45, 7) is 1.56. The molecule has 1 amide bonds. The third kappa shape index (κ3) is 4.42. The summed E-state index contributed by atoms with van der Waals surface area (Å²) in [4.78, 5) is 27.6. The predicted octanol–water partition coefficient (Wildman–Crippen LogP) is 1.85. The van der Waals surface area contributed by atoms with Gasteiger partial charge in [-0.25, -0.2) is 0 Å². The Morgan fingerprint density at radius 2 is 1.95 bits per heavy atom. The van der Waals surface area contributed by atoms with Crippen LogP contribution in [0.25, 0.3) is 0 Å². The highest BCUT2D eigenvalue weighted by Gasteiger charge is 2.16. The van der Waals surface area contributed by atoms with Crippen LogP contribution in [-0.4, -0.2) is 29.3 Å². The number of carbonyl (C=O) groups is 2. The molecular formula is C16H16N2O3. The number of hydrogen-bond donors (Lipinski definition) is 1. The number of ketones is 1. The third-order valence-corrected chi connectivity index (χ3v) is 2.83. The first-order valence-electron chi connectivity index (χ1n) is 6.59. The summed E-state index contributed by atoms with van der Waals surface area (Å²) in [5.41, 5.74) is 0.467. The van der Waals surface area contributed by atoms with Gasteiger partial charge in [-0.1, -0.05) is 18.2 Å². The molecule has 0 aliphatic carbocycles. The number of hydrogen-bond acceptors (Lipinski definition) is 4. The fourth-order valence-corrected chi connectivity index (χ4v) is 1.70. The quantitative estimate of drug-likeness (QED) is 0.822. The largest absolute Gasteiger partial charge is 0.481 e. The number of nitrogens with zero attached hydrogens (tertiary/aromatic N) is 1. The van der Waals surface area contributed by atoms with E-state index >= 15 is 0 Å². The fraction of sp³-hybridized carbons (Fsp3) is 0.188. The summed E-state index contributed by atoms with van der Waals surface area (Å²) in [6.07, 6.45) is 2.39. The maximum absolute atomic E-state index is 11.9. The van der Waals surface area contributed by atoms with Crippen molar-refractivity contribution in [3.63, 3.8) is 0 Å². The molecule has 1 heterocycles. The van der Waals surface area contributed by atoms with Crippen LogP contribution in [0.2, 0.25) is 0 Å². The number of carbonyl (C=O) groups excluding carboxylic acids is 2. The molecule has 5 heteroatoms. The van der Waals surface area contributed by atoms with Crippen molar-refractivity contribution in [3.8, 4) is 5.75 Å². The van der Waals surface area contributed by atoms with Crippen LogP contribution in [0.15, 0.2) is 54.9 Å². The molecule has 1 aromatic carbocycles. The van der Waals surface area contributed by atoms with E-state index in [1.807, 2.05) is 18.2 Å². The van der Waals surface area contributed by atoms with Gasteiger partial charge in [0.1, 0.15) is 5.75 Å². The zero-order valence-electron chi connectivity index (χ0n) is 11.7. The van der Waals surface area contributed by atoms with Crippen molar-refractivity contribution < 1.29 is 14.3 Å². The minimum Gasteiger partial charge on any atom is -0.481 e. The molecule has 0 saturated carbocycles. The van der Waals surface area contributed by atoms with Crippen LogP contribution in [0.1, 0.15) is 17.3 Å². The van der Waals surface area contributed by atoms with Gasteiger partial charge in [-0.15, -0.1) is 0 Å². The van der Waals surface area contributed by atoms with Crippen LogP contribution in [0.5, 0.6) is 5.75 Å². The molecule has 2 aromatic rings. The second kappa shape index (κ2) is 7.19. The number of aromatic nitrogens is 1. The van der Waals surface area contributed by atoms with Gasteiger partial charge in [-0.2, -0.15) is 0 Å². The van der Waals surface area contributed by atoms with Gasteiger partial charge in [0.05, 0.1) is 6.54 Å². The molecular weight excluding hydrogens is 268 g/mol. The van der Waals surface area contributed by atoms with Gasteiger partial charge in [-0.05, 0) is 31.2 Å². The van der Waals surface area contributed by atoms with E-state index in [9.17, 15) is 9.59 Å². The molecule has 1 atom stereocenters. The summed E-state index contributed by atoms with van der Waals surface area (Å²) in [7, 11) is 0. The standard InChI is InChI=1S/C16H16N2O3/c1-12(21-14-7-3-2-4-8-14)16(20)18-11-15(19)13-6-5-9-17-10-13/h2-10,12H,11H2,1H3,(H,18,20). The summed E-state index contributed by atoms with van der Waals surface area (Å²) in [5, 5.41) is 2.56.